The molecule has 0 saturated heterocycles. The molecule has 0 aliphatic heterocycles. The van der Waals surface area contributed by atoms with Gasteiger partial charge in [0.2, 0.25) is 0 Å². The van der Waals surface area contributed by atoms with E-state index in [9.17, 15) is 9.59 Å². The van der Waals surface area contributed by atoms with Gasteiger partial charge in [0.05, 0.1) is 56.8 Å². The van der Waals surface area contributed by atoms with Crippen LogP contribution in [-0.4, -0.2) is 63.8 Å². The highest BCUT2D eigenvalue weighted by Crippen LogP contribution is 2.33. The zero-order valence-electron chi connectivity index (χ0n) is 25.8. The summed E-state index contributed by atoms with van der Waals surface area (Å²) in [4.78, 5) is 28.9. The van der Waals surface area contributed by atoms with E-state index in [1.165, 1.54) is 6.20 Å². The number of aryl methyl sites for hydroxylation is 1. The van der Waals surface area contributed by atoms with Crippen molar-refractivity contribution in [2.45, 2.75) is 48.0 Å². The molecule has 2 heterocycles. The van der Waals surface area contributed by atoms with Crippen LogP contribution in [0.3, 0.4) is 0 Å². The Balaban J connectivity index is 1.23. The maximum Gasteiger partial charge on any atom is 0.344 e. The SMILES string of the molecule is Cc1cc(-c2cc3ccncc3oc2=O)ccc1OCCOCCOCCOCCOC(=O)C(C)(C)C(C)CC(C)C. The summed E-state index contributed by atoms with van der Waals surface area (Å²) < 4.78 is 33.3. The first kappa shape index (κ1) is 33.2. The van der Waals surface area contributed by atoms with E-state index in [1.807, 2.05) is 51.1 Å². The molecule has 9 nitrogen and oxygen atoms in total. The molecule has 42 heavy (non-hydrogen) atoms. The molecule has 1 aromatic carbocycles. The van der Waals surface area contributed by atoms with E-state index in [-0.39, 0.29) is 18.5 Å². The maximum absolute atomic E-state index is 12.4. The van der Waals surface area contributed by atoms with Crippen molar-refractivity contribution >= 4 is 16.9 Å². The van der Waals surface area contributed by atoms with Gasteiger partial charge in [0.15, 0.2) is 5.58 Å². The van der Waals surface area contributed by atoms with Gasteiger partial charge in [-0.1, -0.05) is 26.8 Å². The van der Waals surface area contributed by atoms with Crippen LogP contribution in [0.5, 0.6) is 5.75 Å². The summed E-state index contributed by atoms with van der Waals surface area (Å²) in [6.07, 6.45) is 4.18. The molecule has 230 valence electrons. The molecule has 9 heteroatoms. The zero-order valence-corrected chi connectivity index (χ0v) is 25.8. The van der Waals surface area contributed by atoms with Gasteiger partial charge in [0, 0.05) is 11.6 Å². The molecular weight excluding hydrogens is 538 g/mol. The fourth-order valence-corrected chi connectivity index (χ4v) is 4.48. The first-order valence-corrected chi connectivity index (χ1v) is 14.6. The lowest BCUT2D eigenvalue weighted by molar-refractivity contribution is -0.158. The average Bonchev–Trinajstić information content (AvgIpc) is 2.95. The second-order valence-corrected chi connectivity index (χ2v) is 11.4. The van der Waals surface area contributed by atoms with E-state index in [4.69, 9.17) is 28.1 Å². The molecule has 0 saturated carbocycles. The Hall–Kier alpha value is -3.27. The minimum Gasteiger partial charge on any atom is -0.491 e. The summed E-state index contributed by atoms with van der Waals surface area (Å²) in [6, 6.07) is 9.22. The number of pyridine rings is 1. The van der Waals surface area contributed by atoms with Crippen molar-refractivity contribution in [3.05, 3.63) is 58.7 Å². The number of fused-ring (bicyclic) bond motifs is 1. The molecule has 0 spiro atoms. The highest BCUT2D eigenvalue weighted by molar-refractivity contribution is 5.81. The van der Waals surface area contributed by atoms with Crippen molar-refractivity contribution in [2.24, 2.45) is 17.3 Å². The lowest BCUT2D eigenvalue weighted by atomic mass is 9.76. The summed E-state index contributed by atoms with van der Waals surface area (Å²) in [5, 5.41) is 0.815. The number of carbonyl (C=O) groups is 1. The largest absolute Gasteiger partial charge is 0.491 e. The van der Waals surface area contributed by atoms with E-state index in [0.717, 1.165) is 28.7 Å². The summed E-state index contributed by atoms with van der Waals surface area (Å²) in [7, 11) is 0. The zero-order chi connectivity index (χ0) is 30.5. The number of nitrogens with zero attached hydrogens (tertiary/aromatic N) is 1. The van der Waals surface area contributed by atoms with Crippen molar-refractivity contribution in [2.75, 3.05) is 52.9 Å². The van der Waals surface area contributed by atoms with E-state index in [2.05, 4.69) is 25.8 Å². The van der Waals surface area contributed by atoms with Gasteiger partial charge < -0.3 is 28.1 Å². The van der Waals surface area contributed by atoms with Crippen LogP contribution >= 0.6 is 0 Å². The molecule has 1 atom stereocenters. The van der Waals surface area contributed by atoms with Gasteiger partial charge in [-0.3, -0.25) is 9.78 Å². The second kappa shape index (κ2) is 16.4. The molecular formula is C33H45NO8. The molecule has 0 amide bonds. The first-order chi connectivity index (χ1) is 20.1. The predicted octanol–water partition coefficient (Wildman–Crippen LogP) is 5.84. The van der Waals surface area contributed by atoms with Crippen LogP contribution in [0.4, 0.5) is 0 Å². The quantitative estimate of drug-likeness (QED) is 0.135. The van der Waals surface area contributed by atoms with Gasteiger partial charge in [0.25, 0.3) is 0 Å². The standard InChI is InChI=1S/C33H45NO8/c1-23(2)19-25(4)33(5,6)32(36)41-18-16-39-14-12-37-11-13-38-15-17-40-29-8-7-26(20-24(29)3)28-21-27-9-10-34-22-30(27)42-31(28)35/h7-10,20-23,25H,11-19H2,1-6H3. The van der Waals surface area contributed by atoms with Crippen LogP contribution in [0.15, 0.2) is 51.9 Å². The minimum atomic E-state index is -0.516. The summed E-state index contributed by atoms with van der Waals surface area (Å²) in [5.74, 6) is 1.33. The van der Waals surface area contributed by atoms with Crippen LogP contribution in [0.1, 0.15) is 46.6 Å². The Kier molecular flexibility index (Phi) is 13.0. The number of ether oxygens (including phenoxy) is 5. The summed E-state index contributed by atoms with van der Waals surface area (Å²) in [5.41, 5.74) is 1.71. The Morgan fingerprint density at radius 2 is 1.55 bits per heavy atom. The van der Waals surface area contributed by atoms with Crippen molar-refractivity contribution in [3.8, 4) is 16.9 Å². The lowest BCUT2D eigenvalue weighted by Crippen LogP contribution is -2.34. The number of aromatic nitrogens is 1. The molecule has 0 N–H and O–H groups in total. The Bertz CT molecular complexity index is 1330. The lowest BCUT2D eigenvalue weighted by Gasteiger charge is -2.30. The van der Waals surface area contributed by atoms with Crippen LogP contribution < -0.4 is 10.4 Å². The fraction of sp³-hybridized carbons (Fsp3) is 0.545. The van der Waals surface area contributed by atoms with Gasteiger partial charge >= 0.3 is 11.6 Å². The van der Waals surface area contributed by atoms with E-state index < -0.39 is 11.0 Å². The summed E-state index contributed by atoms with van der Waals surface area (Å²) >= 11 is 0. The minimum absolute atomic E-state index is 0.183. The van der Waals surface area contributed by atoms with Crippen molar-refractivity contribution in [3.63, 3.8) is 0 Å². The van der Waals surface area contributed by atoms with Crippen molar-refractivity contribution in [1.82, 2.24) is 4.98 Å². The van der Waals surface area contributed by atoms with Crippen LogP contribution in [0.25, 0.3) is 22.1 Å². The van der Waals surface area contributed by atoms with Crippen molar-refractivity contribution < 1.29 is 32.9 Å². The molecule has 0 bridgehead atoms. The average molecular weight is 584 g/mol. The van der Waals surface area contributed by atoms with Gasteiger partial charge in [-0.25, -0.2) is 4.79 Å². The number of hydrogen-bond donors (Lipinski definition) is 0. The number of hydrogen-bond acceptors (Lipinski definition) is 9. The number of esters is 1. The third kappa shape index (κ3) is 9.93. The van der Waals surface area contributed by atoms with Crippen LogP contribution in [0.2, 0.25) is 0 Å². The molecule has 0 aliphatic carbocycles. The van der Waals surface area contributed by atoms with Gasteiger partial charge in [-0.2, -0.15) is 0 Å². The monoisotopic (exact) mass is 583 g/mol. The van der Waals surface area contributed by atoms with Gasteiger partial charge in [0.1, 0.15) is 19.0 Å². The van der Waals surface area contributed by atoms with E-state index in [0.29, 0.717) is 63.3 Å². The highest BCUT2D eigenvalue weighted by atomic mass is 16.6. The van der Waals surface area contributed by atoms with E-state index in [1.54, 1.807) is 6.20 Å². The number of carbonyl (C=O) groups excluding carboxylic acids is 1. The predicted molar refractivity (Wildman–Crippen MR) is 162 cm³/mol. The summed E-state index contributed by atoms with van der Waals surface area (Å²) in [6.45, 7) is 15.3. The number of benzene rings is 1. The highest BCUT2D eigenvalue weighted by Gasteiger charge is 2.35. The molecule has 1 unspecified atom stereocenters. The third-order valence-electron chi connectivity index (χ3n) is 7.30. The Labute approximate surface area is 248 Å². The fourth-order valence-electron chi connectivity index (χ4n) is 4.48. The normalized spacial score (nSPS) is 12.5. The third-order valence-corrected chi connectivity index (χ3v) is 7.30. The first-order valence-electron chi connectivity index (χ1n) is 14.6. The molecule has 0 radical (unpaired) electrons. The van der Waals surface area contributed by atoms with Crippen molar-refractivity contribution in [1.29, 1.82) is 0 Å². The second-order valence-electron chi connectivity index (χ2n) is 11.4. The topological polar surface area (TPSA) is 106 Å². The number of rotatable bonds is 18. The molecule has 0 fully saturated rings. The van der Waals surface area contributed by atoms with Gasteiger partial charge in [-0.05, 0) is 74.4 Å². The van der Waals surface area contributed by atoms with Crippen LogP contribution in [0, 0.1) is 24.2 Å². The van der Waals surface area contributed by atoms with Gasteiger partial charge in [-0.15, -0.1) is 0 Å². The maximum atomic E-state index is 12.4. The molecule has 2 aromatic heterocycles. The van der Waals surface area contributed by atoms with Crippen LogP contribution in [-0.2, 0) is 23.7 Å². The Morgan fingerprint density at radius 3 is 2.19 bits per heavy atom. The molecule has 3 aromatic rings. The molecule has 3 rings (SSSR count). The van der Waals surface area contributed by atoms with E-state index >= 15 is 0 Å². The molecule has 0 aliphatic rings. The smallest absolute Gasteiger partial charge is 0.344 e. The Morgan fingerprint density at radius 1 is 0.905 bits per heavy atom.